The van der Waals surface area contributed by atoms with Gasteiger partial charge in [-0.1, -0.05) is 95.0 Å². The minimum absolute atomic E-state index is 0.0607. The molecule has 0 bridgehead atoms. The molecule has 0 saturated carbocycles. The van der Waals surface area contributed by atoms with Crippen molar-refractivity contribution in [1.82, 2.24) is 10.9 Å². The summed E-state index contributed by atoms with van der Waals surface area (Å²) >= 11 is 1.65. The Kier molecular flexibility index (Phi) is 14.9. The van der Waals surface area contributed by atoms with E-state index in [1.165, 1.54) is 57.8 Å². The van der Waals surface area contributed by atoms with Gasteiger partial charge in [0, 0.05) is 5.69 Å². The first-order valence-electron chi connectivity index (χ1n) is 14.1. The standard InChI is InChI=1S/C31H47N3O3S/c1-5-6-7-8-9-10-11-12-13-17-20-38-30(26-18-15-14-16-19-26)31(37)34-32-22-28(35)33-27-21-23(2)29(36)25(4)24(27)3/h14-16,18-19,21,30,32,36H,5-13,17,20,22H2,1-4H3,(H,33,35)(H,34,37). The van der Waals surface area contributed by atoms with Crippen LogP contribution in [0.25, 0.3) is 0 Å². The van der Waals surface area contributed by atoms with E-state index in [1.54, 1.807) is 24.8 Å². The molecule has 0 spiro atoms. The van der Waals surface area contributed by atoms with E-state index in [0.29, 0.717) is 11.3 Å². The minimum atomic E-state index is -0.338. The molecule has 2 amide bonds. The number of phenolic OH excluding ortho intramolecular Hbond substituents is 1. The van der Waals surface area contributed by atoms with Crippen molar-refractivity contribution in [2.24, 2.45) is 0 Å². The number of nitrogens with one attached hydrogen (secondary N) is 3. The number of benzene rings is 2. The van der Waals surface area contributed by atoms with Gasteiger partial charge in [0.1, 0.15) is 11.0 Å². The highest BCUT2D eigenvalue weighted by atomic mass is 32.2. The van der Waals surface area contributed by atoms with E-state index >= 15 is 0 Å². The lowest BCUT2D eigenvalue weighted by Crippen LogP contribution is -2.43. The summed E-state index contributed by atoms with van der Waals surface area (Å²) in [5.41, 5.74) is 9.39. The number of hydrogen-bond donors (Lipinski definition) is 4. The molecule has 0 aliphatic heterocycles. The first-order valence-corrected chi connectivity index (χ1v) is 15.2. The lowest BCUT2D eigenvalue weighted by molar-refractivity contribution is -0.122. The monoisotopic (exact) mass is 541 g/mol. The molecule has 0 aliphatic carbocycles. The predicted molar refractivity (Wildman–Crippen MR) is 161 cm³/mol. The van der Waals surface area contributed by atoms with Crippen molar-refractivity contribution in [2.45, 2.75) is 97.2 Å². The van der Waals surface area contributed by atoms with Gasteiger partial charge in [0.15, 0.2) is 0 Å². The van der Waals surface area contributed by atoms with Crippen molar-refractivity contribution in [3.05, 3.63) is 58.7 Å². The molecule has 2 aromatic carbocycles. The number of aryl methyl sites for hydroxylation is 1. The lowest BCUT2D eigenvalue weighted by atomic mass is 10.0. The second-order valence-corrected chi connectivity index (χ2v) is 11.3. The Bertz CT molecular complexity index is 998. The number of carbonyl (C=O) groups is 2. The molecule has 6 nitrogen and oxygen atoms in total. The zero-order valence-corrected chi connectivity index (χ0v) is 24.5. The molecule has 38 heavy (non-hydrogen) atoms. The zero-order chi connectivity index (χ0) is 27.8. The highest BCUT2D eigenvalue weighted by Crippen LogP contribution is 2.31. The molecule has 0 saturated heterocycles. The van der Waals surface area contributed by atoms with E-state index in [0.717, 1.165) is 28.9 Å². The van der Waals surface area contributed by atoms with Gasteiger partial charge in [0.25, 0.3) is 5.91 Å². The number of thioether (sulfide) groups is 1. The number of anilines is 1. The van der Waals surface area contributed by atoms with Gasteiger partial charge >= 0.3 is 0 Å². The molecular formula is C31H47N3O3S. The Labute approximate surface area is 233 Å². The molecule has 2 rings (SSSR count). The maximum atomic E-state index is 13.0. The summed E-state index contributed by atoms with van der Waals surface area (Å²) < 4.78 is 0. The molecule has 0 aromatic heterocycles. The topological polar surface area (TPSA) is 90.5 Å². The highest BCUT2D eigenvalue weighted by Gasteiger charge is 2.21. The van der Waals surface area contributed by atoms with E-state index in [9.17, 15) is 14.7 Å². The van der Waals surface area contributed by atoms with Crippen LogP contribution in [0, 0.1) is 20.8 Å². The van der Waals surface area contributed by atoms with Crippen molar-refractivity contribution >= 4 is 29.3 Å². The van der Waals surface area contributed by atoms with Gasteiger partial charge in [-0.05, 0) is 61.3 Å². The van der Waals surface area contributed by atoms with Gasteiger partial charge in [-0.15, -0.1) is 11.8 Å². The summed E-state index contributed by atoms with van der Waals surface area (Å²) in [6.45, 7) is 7.67. The molecule has 0 aliphatic rings. The summed E-state index contributed by atoms with van der Waals surface area (Å²) in [5, 5.41) is 12.6. The van der Waals surface area contributed by atoms with Crippen LogP contribution in [0.3, 0.4) is 0 Å². The Morgan fingerprint density at radius 3 is 2.11 bits per heavy atom. The van der Waals surface area contributed by atoms with Gasteiger partial charge in [-0.3, -0.25) is 15.0 Å². The molecule has 4 N–H and O–H groups in total. The van der Waals surface area contributed by atoms with E-state index in [1.807, 2.05) is 44.2 Å². The molecule has 1 unspecified atom stereocenters. The average molecular weight is 542 g/mol. The number of carbonyl (C=O) groups excluding carboxylic acids is 2. The first kappa shape index (κ1) is 31.7. The van der Waals surface area contributed by atoms with Crippen LogP contribution in [0.2, 0.25) is 0 Å². The summed E-state index contributed by atoms with van der Waals surface area (Å²) in [6, 6.07) is 11.5. The van der Waals surface area contributed by atoms with Crippen molar-refractivity contribution < 1.29 is 14.7 Å². The molecule has 1 atom stereocenters. The molecular weight excluding hydrogens is 494 g/mol. The van der Waals surface area contributed by atoms with Crippen LogP contribution in [0.15, 0.2) is 36.4 Å². The fraction of sp³-hybridized carbons (Fsp3) is 0.548. The van der Waals surface area contributed by atoms with Crippen LogP contribution in [0.4, 0.5) is 5.69 Å². The van der Waals surface area contributed by atoms with Crippen molar-refractivity contribution in [3.63, 3.8) is 0 Å². The highest BCUT2D eigenvalue weighted by molar-refractivity contribution is 8.00. The second kappa shape index (κ2) is 17.9. The summed E-state index contributed by atoms with van der Waals surface area (Å²) in [5.74, 6) is 0.733. The maximum absolute atomic E-state index is 13.0. The normalized spacial score (nSPS) is 11.8. The lowest BCUT2D eigenvalue weighted by Gasteiger charge is -2.18. The third-order valence-electron chi connectivity index (χ3n) is 6.91. The summed E-state index contributed by atoms with van der Waals surface area (Å²) in [7, 11) is 0. The number of rotatable bonds is 18. The maximum Gasteiger partial charge on any atom is 0.251 e. The molecule has 210 valence electrons. The van der Waals surface area contributed by atoms with Crippen LogP contribution in [0.1, 0.15) is 98.6 Å². The van der Waals surface area contributed by atoms with Crippen LogP contribution < -0.4 is 16.2 Å². The van der Waals surface area contributed by atoms with E-state index in [2.05, 4.69) is 23.1 Å². The van der Waals surface area contributed by atoms with Gasteiger partial charge in [0.2, 0.25) is 5.91 Å². The fourth-order valence-electron chi connectivity index (χ4n) is 4.41. The van der Waals surface area contributed by atoms with Crippen LogP contribution >= 0.6 is 11.8 Å². The second-order valence-electron chi connectivity index (χ2n) is 10.1. The van der Waals surface area contributed by atoms with Crippen molar-refractivity contribution in [2.75, 3.05) is 17.6 Å². The number of unbranched alkanes of at least 4 members (excludes halogenated alkanes) is 9. The van der Waals surface area contributed by atoms with Crippen LogP contribution in [0.5, 0.6) is 5.75 Å². The van der Waals surface area contributed by atoms with Gasteiger partial charge in [-0.25, -0.2) is 5.43 Å². The SMILES string of the molecule is CCCCCCCCCCCCSC(C(=O)NNCC(=O)Nc1cc(C)c(O)c(C)c1C)c1ccccc1. The van der Waals surface area contributed by atoms with Crippen molar-refractivity contribution in [3.8, 4) is 5.75 Å². The fourth-order valence-corrected chi connectivity index (χ4v) is 5.58. The number of hydrogen-bond acceptors (Lipinski definition) is 5. The Morgan fingerprint density at radius 2 is 1.47 bits per heavy atom. The van der Waals surface area contributed by atoms with Crippen molar-refractivity contribution in [1.29, 1.82) is 0 Å². The third-order valence-corrected chi connectivity index (χ3v) is 8.26. The average Bonchev–Trinajstić information content (AvgIpc) is 2.91. The number of amides is 2. The zero-order valence-electron chi connectivity index (χ0n) is 23.7. The van der Waals surface area contributed by atoms with Crippen LogP contribution in [-0.2, 0) is 9.59 Å². The molecule has 0 heterocycles. The quantitative estimate of drug-likeness (QED) is 0.0905. The molecule has 2 aromatic rings. The number of hydrazine groups is 1. The van der Waals surface area contributed by atoms with Crippen LogP contribution in [-0.4, -0.2) is 29.2 Å². The Balaban J connectivity index is 1.75. The third kappa shape index (κ3) is 11.1. The largest absolute Gasteiger partial charge is 0.507 e. The number of phenols is 1. The predicted octanol–water partition coefficient (Wildman–Crippen LogP) is 7.27. The minimum Gasteiger partial charge on any atom is -0.507 e. The van der Waals surface area contributed by atoms with Gasteiger partial charge < -0.3 is 10.4 Å². The summed E-state index contributed by atoms with van der Waals surface area (Å²) in [4.78, 5) is 25.5. The van der Waals surface area contributed by atoms with Gasteiger partial charge in [0.05, 0.1) is 6.54 Å². The van der Waals surface area contributed by atoms with E-state index in [4.69, 9.17) is 0 Å². The Hall–Kier alpha value is -2.51. The van der Waals surface area contributed by atoms with Gasteiger partial charge in [-0.2, -0.15) is 0 Å². The molecule has 7 heteroatoms. The number of aromatic hydroxyl groups is 1. The smallest absolute Gasteiger partial charge is 0.251 e. The summed E-state index contributed by atoms with van der Waals surface area (Å²) in [6.07, 6.45) is 12.9. The molecule has 0 radical (unpaired) electrons. The van der Waals surface area contributed by atoms with E-state index < -0.39 is 0 Å². The Morgan fingerprint density at radius 1 is 0.868 bits per heavy atom. The first-order chi connectivity index (χ1) is 18.3. The van der Waals surface area contributed by atoms with E-state index in [-0.39, 0.29) is 29.4 Å². The molecule has 0 fully saturated rings.